The Kier molecular flexibility index (Phi) is 6.99. The number of anilines is 1. The van der Waals surface area contributed by atoms with Gasteiger partial charge < -0.3 is 10.1 Å². The molecule has 0 aliphatic heterocycles. The Morgan fingerprint density at radius 3 is 2.70 bits per heavy atom. The van der Waals surface area contributed by atoms with E-state index in [1.54, 1.807) is 11.8 Å². The van der Waals surface area contributed by atoms with Gasteiger partial charge in [-0.2, -0.15) is 0 Å². The van der Waals surface area contributed by atoms with Crippen LogP contribution < -0.4 is 10.1 Å². The Bertz CT molecular complexity index is 676. The second kappa shape index (κ2) is 8.99. The standard InChI is InChI=1S/C18H20BrNO2S/c1-13-4-3-5-15(10-13)22-8-9-23-12-18(21)20-17-7-6-14(2)11-16(17)19/h3-7,10-11H,8-9,12H2,1-2H3,(H,20,21). The van der Waals surface area contributed by atoms with Crippen LogP contribution in [0.5, 0.6) is 5.75 Å². The van der Waals surface area contributed by atoms with Gasteiger partial charge in [-0.1, -0.05) is 18.2 Å². The van der Waals surface area contributed by atoms with Crippen molar-refractivity contribution in [1.29, 1.82) is 0 Å². The average Bonchev–Trinajstić information content (AvgIpc) is 2.50. The molecule has 0 atom stereocenters. The van der Waals surface area contributed by atoms with E-state index in [0.29, 0.717) is 12.4 Å². The molecule has 0 unspecified atom stereocenters. The molecule has 2 aromatic rings. The highest BCUT2D eigenvalue weighted by atomic mass is 79.9. The van der Waals surface area contributed by atoms with Crippen molar-refractivity contribution in [1.82, 2.24) is 0 Å². The molecule has 0 heterocycles. The Labute approximate surface area is 149 Å². The third kappa shape index (κ3) is 6.28. The summed E-state index contributed by atoms with van der Waals surface area (Å²) in [5.41, 5.74) is 3.13. The van der Waals surface area contributed by atoms with Crippen molar-refractivity contribution in [2.45, 2.75) is 13.8 Å². The number of ether oxygens (including phenoxy) is 1. The molecule has 0 aliphatic rings. The second-order valence-electron chi connectivity index (χ2n) is 5.25. The molecule has 0 aromatic heterocycles. The fourth-order valence-corrected chi connectivity index (χ4v) is 3.19. The van der Waals surface area contributed by atoms with Crippen LogP contribution in [0.2, 0.25) is 0 Å². The number of aryl methyl sites for hydroxylation is 2. The number of benzene rings is 2. The molecule has 1 N–H and O–H groups in total. The van der Waals surface area contributed by atoms with E-state index in [0.717, 1.165) is 27.2 Å². The SMILES string of the molecule is Cc1cccc(OCCSCC(=O)Nc2ccc(C)cc2Br)c1. The summed E-state index contributed by atoms with van der Waals surface area (Å²) in [6, 6.07) is 13.8. The van der Waals surface area contributed by atoms with Crippen LogP contribution in [0.25, 0.3) is 0 Å². The predicted octanol–water partition coefficient (Wildman–Crippen LogP) is 4.82. The van der Waals surface area contributed by atoms with E-state index in [1.807, 2.05) is 56.3 Å². The Morgan fingerprint density at radius 2 is 1.96 bits per heavy atom. The molecule has 122 valence electrons. The predicted molar refractivity (Wildman–Crippen MR) is 102 cm³/mol. The van der Waals surface area contributed by atoms with Gasteiger partial charge in [0.1, 0.15) is 5.75 Å². The van der Waals surface area contributed by atoms with E-state index in [-0.39, 0.29) is 5.91 Å². The van der Waals surface area contributed by atoms with Gasteiger partial charge in [-0.05, 0) is 65.2 Å². The van der Waals surface area contributed by atoms with Gasteiger partial charge in [-0.3, -0.25) is 4.79 Å². The molecule has 0 bridgehead atoms. The summed E-state index contributed by atoms with van der Waals surface area (Å²) in [6.45, 7) is 4.64. The summed E-state index contributed by atoms with van der Waals surface area (Å²) in [4.78, 5) is 11.9. The van der Waals surface area contributed by atoms with Gasteiger partial charge in [0, 0.05) is 10.2 Å². The number of halogens is 1. The quantitative estimate of drug-likeness (QED) is 0.685. The average molecular weight is 394 g/mol. The molecule has 23 heavy (non-hydrogen) atoms. The molecule has 2 aromatic carbocycles. The molecule has 0 spiro atoms. The zero-order chi connectivity index (χ0) is 16.7. The molecule has 0 radical (unpaired) electrons. The smallest absolute Gasteiger partial charge is 0.234 e. The van der Waals surface area contributed by atoms with Gasteiger partial charge in [0.2, 0.25) is 5.91 Å². The summed E-state index contributed by atoms with van der Waals surface area (Å²) in [6.07, 6.45) is 0. The summed E-state index contributed by atoms with van der Waals surface area (Å²) in [5.74, 6) is 2.06. The zero-order valence-electron chi connectivity index (χ0n) is 13.3. The van der Waals surface area contributed by atoms with Crippen LogP contribution in [0.4, 0.5) is 5.69 Å². The largest absolute Gasteiger partial charge is 0.493 e. The van der Waals surface area contributed by atoms with Crippen LogP contribution in [0.3, 0.4) is 0 Å². The Morgan fingerprint density at radius 1 is 1.17 bits per heavy atom. The minimum atomic E-state index is -0.00453. The maximum atomic E-state index is 11.9. The van der Waals surface area contributed by atoms with E-state index >= 15 is 0 Å². The van der Waals surface area contributed by atoms with Gasteiger partial charge in [0.15, 0.2) is 0 Å². The molecule has 5 heteroatoms. The summed E-state index contributed by atoms with van der Waals surface area (Å²) in [5, 5.41) is 2.91. The van der Waals surface area contributed by atoms with Gasteiger partial charge in [0.05, 0.1) is 18.0 Å². The fourth-order valence-electron chi connectivity index (χ4n) is 2.00. The molecular weight excluding hydrogens is 374 g/mol. The first kappa shape index (κ1) is 17.9. The monoisotopic (exact) mass is 393 g/mol. The van der Waals surface area contributed by atoms with Gasteiger partial charge >= 0.3 is 0 Å². The van der Waals surface area contributed by atoms with Crippen molar-refractivity contribution in [2.24, 2.45) is 0 Å². The third-order valence-corrected chi connectivity index (χ3v) is 4.70. The van der Waals surface area contributed by atoms with Gasteiger partial charge in [0.25, 0.3) is 0 Å². The minimum Gasteiger partial charge on any atom is -0.493 e. The zero-order valence-corrected chi connectivity index (χ0v) is 15.7. The molecule has 2 rings (SSSR count). The third-order valence-electron chi connectivity index (χ3n) is 3.12. The van der Waals surface area contributed by atoms with Crippen LogP contribution in [0.15, 0.2) is 46.9 Å². The van der Waals surface area contributed by atoms with Gasteiger partial charge in [-0.15, -0.1) is 11.8 Å². The molecule has 0 aliphatic carbocycles. The van der Waals surface area contributed by atoms with Crippen LogP contribution >= 0.6 is 27.7 Å². The number of nitrogens with one attached hydrogen (secondary N) is 1. The number of rotatable bonds is 7. The van der Waals surface area contributed by atoms with Crippen molar-refractivity contribution in [3.63, 3.8) is 0 Å². The normalized spacial score (nSPS) is 10.4. The van der Waals surface area contributed by atoms with Crippen molar-refractivity contribution >= 4 is 39.3 Å². The Hall–Kier alpha value is -1.46. The van der Waals surface area contributed by atoms with E-state index in [2.05, 4.69) is 21.2 Å². The van der Waals surface area contributed by atoms with Crippen molar-refractivity contribution in [3.8, 4) is 5.75 Å². The maximum absolute atomic E-state index is 11.9. The molecule has 0 fully saturated rings. The number of amides is 1. The highest BCUT2D eigenvalue weighted by Crippen LogP contribution is 2.23. The lowest BCUT2D eigenvalue weighted by atomic mass is 10.2. The van der Waals surface area contributed by atoms with Crippen LogP contribution in [-0.4, -0.2) is 24.0 Å². The van der Waals surface area contributed by atoms with E-state index in [1.165, 1.54) is 5.56 Å². The summed E-state index contributed by atoms with van der Waals surface area (Å²) in [7, 11) is 0. The highest BCUT2D eigenvalue weighted by molar-refractivity contribution is 9.10. The molecule has 0 saturated heterocycles. The number of carbonyl (C=O) groups is 1. The van der Waals surface area contributed by atoms with E-state index in [4.69, 9.17) is 4.74 Å². The molecule has 0 saturated carbocycles. The second-order valence-corrected chi connectivity index (χ2v) is 7.21. The maximum Gasteiger partial charge on any atom is 0.234 e. The lowest BCUT2D eigenvalue weighted by Gasteiger charge is -2.09. The first-order valence-electron chi connectivity index (χ1n) is 7.38. The van der Waals surface area contributed by atoms with Crippen LogP contribution in [0.1, 0.15) is 11.1 Å². The van der Waals surface area contributed by atoms with Crippen LogP contribution in [-0.2, 0) is 4.79 Å². The van der Waals surface area contributed by atoms with Gasteiger partial charge in [-0.25, -0.2) is 0 Å². The first-order valence-corrected chi connectivity index (χ1v) is 9.32. The highest BCUT2D eigenvalue weighted by Gasteiger charge is 2.06. The van der Waals surface area contributed by atoms with Crippen molar-refractivity contribution < 1.29 is 9.53 Å². The Balaban J connectivity index is 1.67. The molecular formula is C18H20BrNO2S. The number of thioether (sulfide) groups is 1. The number of hydrogen-bond acceptors (Lipinski definition) is 3. The topological polar surface area (TPSA) is 38.3 Å². The molecule has 3 nitrogen and oxygen atoms in total. The van der Waals surface area contributed by atoms with E-state index in [9.17, 15) is 4.79 Å². The first-order chi connectivity index (χ1) is 11.0. The lowest BCUT2D eigenvalue weighted by molar-refractivity contribution is -0.113. The van der Waals surface area contributed by atoms with E-state index < -0.39 is 0 Å². The van der Waals surface area contributed by atoms with Crippen molar-refractivity contribution in [2.75, 3.05) is 23.4 Å². The van der Waals surface area contributed by atoms with Crippen molar-refractivity contribution in [3.05, 3.63) is 58.1 Å². The lowest BCUT2D eigenvalue weighted by Crippen LogP contribution is -2.15. The fraction of sp³-hybridized carbons (Fsp3) is 0.278. The van der Waals surface area contributed by atoms with Crippen LogP contribution in [0, 0.1) is 13.8 Å². The minimum absolute atomic E-state index is 0.00453. The number of hydrogen-bond donors (Lipinski definition) is 1. The summed E-state index contributed by atoms with van der Waals surface area (Å²) < 4.78 is 6.56. The molecule has 1 amide bonds. The summed E-state index contributed by atoms with van der Waals surface area (Å²) >= 11 is 5.02. The number of carbonyl (C=O) groups excluding carboxylic acids is 1.